The topological polar surface area (TPSA) is 43.1 Å². The van der Waals surface area contributed by atoms with Gasteiger partial charge in [-0.3, -0.25) is 4.79 Å². The molecule has 0 saturated carbocycles. The van der Waals surface area contributed by atoms with E-state index in [4.69, 9.17) is 0 Å². The van der Waals surface area contributed by atoms with Crippen LogP contribution in [-0.4, -0.2) is 12.3 Å². The van der Waals surface area contributed by atoms with Crippen molar-refractivity contribution in [2.24, 2.45) is 5.73 Å². The van der Waals surface area contributed by atoms with Gasteiger partial charge in [0.1, 0.15) is 0 Å². The molecule has 0 aromatic carbocycles. The van der Waals surface area contributed by atoms with Gasteiger partial charge < -0.3 is 5.73 Å². The maximum Gasteiger partial charge on any atom is 0.277 e. The van der Waals surface area contributed by atoms with Crippen LogP contribution in [0.3, 0.4) is 0 Å². The molecule has 0 aliphatic rings. The molecule has 0 fully saturated rings. The van der Waals surface area contributed by atoms with E-state index in [0.29, 0.717) is 0 Å². The largest absolute Gasteiger partial charge is 0.364 e. The summed E-state index contributed by atoms with van der Waals surface area (Å²) in [5.74, 6) is -3.08. The summed E-state index contributed by atoms with van der Waals surface area (Å²) < 4.78 is 33.9. The highest BCUT2D eigenvalue weighted by atomic mass is 19.3. The SMILES string of the molecule is NC(=O)C(F)=CC(F)F. The molecule has 0 heterocycles. The first-order valence-electron chi connectivity index (χ1n) is 1.99. The zero-order valence-electron chi connectivity index (χ0n) is 4.27. The number of halogens is 3. The van der Waals surface area contributed by atoms with Gasteiger partial charge >= 0.3 is 0 Å². The van der Waals surface area contributed by atoms with Crippen LogP contribution in [0.5, 0.6) is 0 Å². The Bertz CT molecular complexity index is 143. The van der Waals surface area contributed by atoms with Gasteiger partial charge in [0, 0.05) is 6.08 Å². The maximum atomic E-state index is 11.7. The fourth-order valence-electron chi connectivity index (χ4n) is 0.193. The average molecular weight is 139 g/mol. The Hall–Kier alpha value is -1.00. The predicted octanol–water partition coefficient (Wildman–Crippen LogP) is 0.590. The third-order valence-electron chi connectivity index (χ3n) is 0.508. The van der Waals surface area contributed by atoms with E-state index >= 15 is 0 Å². The molecule has 2 nitrogen and oxygen atoms in total. The molecule has 0 aromatic heterocycles. The molecule has 0 atom stereocenters. The lowest BCUT2D eigenvalue weighted by molar-refractivity contribution is -0.116. The molecular formula is C4H4F3NO. The normalized spacial score (nSPS) is 12.2. The first-order valence-corrected chi connectivity index (χ1v) is 1.99. The van der Waals surface area contributed by atoms with Gasteiger partial charge in [-0.2, -0.15) is 0 Å². The second-order valence-electron chi connectivity index (χ2n) is 1.21. The van der Waals surface area contributed by atoms with Crippen molar-refractivity contribution in [2.75, 3.05) is 0 Å². The van der Waals surface area contributed by atoms with E-state index in [2.05, 4.69) is 5.73 Å². The van der Waals surface area contributed by atoms with Gasteiger partial charge in [-0.05, 0) is 0 Å². The van der Waals surface area contributed by atoms with Gasteiger partial charge in [-0.15, -0.1) is 0 Å². The Labute approximate surface area is 49.1 Å². The quantitative estimate of drug-likeness (QED) is 0.559. The van der Waals surface area contributed by atoms with Crippen LogP contribution in [0.25, 0.3) is 0 Å². The second-order valence-corrected chi connectivity index (χ2v) is 1.21. The van der Waals surface area contributed by atoms with E-state index in [9.17, 15) is 18.0 Å². The Balaban J connectivity index is 4.00. The van der Waals surface area contributed by atoms with Crippen LogP contribution >= 0.6 is 0 Å². The lowest BCUT2D eigenvalue weighted by Crippen LogP contribution is -2.11. The van der Waals surface area contributed by atoms with E-state index in [-0.39, 0.29) is 6.08 Å². The summed E-state index contributed by atoms with van der Waals surface area (Å²) in [7, 11) is 0. The average Bonchev–Trinajstić information content (AvgIpc) is 1.63. The van der Waals surface area contributed by atoms with Crippen LogP contribution in [0.1, 0.15) is 0 Å². The Morgan fingerprint density at radius 3 is 2.11 bits per heavy atom. The summed E-state index contributed by atoms with van der Waals surface area (Å²) in [6.45, 7) is 0. The number of rotatable bonds is 2. The number of amides is 1. The molecule has 2 N–H and O–H groups in total. The summed E-state index contributed by atoms with van der Waals surface area (Å²) in [5, 5.41) is 0. The van der Waals surface area contributed by atoms with E-state index in [1.165, 1.54) is 0 Å². The van der Waals surface area contributed by atoms with Crippen LogP contribution in [0, 0.1) is 0 Å². The number of alkyl halides is 2. The lowest BCUT2D eigenvalue weighted by Gasteiger charge is -1.87. The molecule has 0 unspecified atom stereocenters. The highest BCUT2D eigenvalue weighted by Gasteiger charge is 2.05. The number of primary amides is 1. The van der Waals surface area contributed by atoms with Crippen molar-refractivity contribution < 1.29 is 18.0 Å². The molecule has 1 amide bonds. The Kier molecular flexibility index (Phi) is 2.77. The van der Waals surface area contributed by atoms with Crippen LogP contribution in [-0.2, 0) is 4.79 Å². The summed E-state index contributed by atoms with van der Waals surface area (Å²) in [5.41, 5.74) is 4.27. The molecule has 0 rings (SSSR count). The van der Waals surface area contributed by atoms with Crippen LogP contribution in [0.4, 0.5) is 13.2 Å². The molecule has 0 radical (unpaired) electrons. The molecule has 0 spiro atoms. The van der Waals surface area contributed by atoms with E-state index in [1.54, 1.807) is 0 Å². The number of carbonyl (C=O) groups excluding carboxylic acids is 1. The Morgan fingerprint density at radius 1 is 1.56 bits per heavy atom. The zero-order valence-corrected chi connectivity index (χ0v) is 4.27. The van der Waals surface area contributed by atoms with Crippen molar-refractivity contribution in [1.29, 1.82) is 0 Å². The predicted molar refractivity (Wildman–Crippen MR) is 24.4 cm³/mol. The van der Waals surface area contributed by atoms with E-state index < -0.39 is 18.2 Å². The van der Waals surface area contributed by atoms with Crippen LogP contribution in [0.2, 0.25) is 0 Å². The molecule has 0 bridgehead atoms. The van der Waals surface area contributed by atoms with Gasteiger partial charge in [0.2, 0.25) is 0 Å². The fraction of sp³-hybridized carbons (Fsp3) is 0.250. The Morgan fingerprint density at radius 2 is 2.00 bits per heavy atom. The van der Waals surface area contributed by atoms with E-state index in [1.807, 2.05) is 0 Å². The van der Waals surface area contributed by atoms with Gasteiger partial charge in [-0.1, -0.05) is 0 Å². The number of hydrogen-bond donors (Lipinski definition) is 1. The highest BCUT2D eigenvalue weighted by Crippen LogP contribution is 2.01. The summed E-state index contributed by atoms with van der Waals surface area (Å²) in [6.07, 6.45) is -3.13. The minimum atomic E-state index is -2.97. The van der Waals surface area contributed by atoms with Crippen LogP contribution < -0.4 is 5.73 Å². The summed E-state index contributed by atoms with van der Waals surface area (Å²) in [4.78, 5) is 9.68. The number of allylic oxidation sites excluding steroid dienone is 1. The van der Waals surface area contributed by atoms with Gasteiger partial charge in [0.25, 0.3) is 12.3 Å². The molecule has 9 heavy (non-hydrogen) atoms. The number of nitrogens with two attached hydrogens (primary N) is 1. The smallest absolute Gasteiger partial charge is 0.277 e. The van der Waals surface area contributed by atoms with E-state index in [0.717, 1.165) is 0 Å². The molecule has 5 heteroatoms. The summed E-state index contributed by atoms with van der Waals surface area (Å²) >= 11 is 0. The second kappa shape index (κ2) is 3.11. The third-order valence-corrected chi connectivity index (χ3v) is 0.508. The zero-order chi connectivity index (χ0) is 7.44. The minimum Gasteiger partial charge on any atom is -0.364 e. The minimum absolute atomic E-state index is 0.150. The van der Waals surface area contributed by atoms with Gasteiger partial charge in [0.05, 0.1) is 0 Å². The first kappa shape index (κ1) is 8.00. The highest BCUT2D eigenvalue weighted by molar-refractivity contribution is 5.89. The fourth-order valence-corrected chi connectivity index (χ4v) is 0.193. The van der Waals surface area contributed by atoms with Crippen molar-refractivity contribution in [3.8, 4) is 0 Å². The molecule has 52 valence electrons. The first-order chi connectivity index (χ1) is 4.04. The van der Waals surface area contributed by atoms with Crippen molar-refractivity contribution >= 4 is 5.91 Å². The molecule has 0 aromatic rings. The van der Waals surface area contributed by atoms with Crippen molar-refractivity contribution in [3.63, 3.8) is 0 Å². The van der Waals surface area contributed by atoms with Crippen molar-refractivity contribution in [1.82, 2.24) is 0 Å². The van der Waals surface area contributed by atoms with Crippen LogP contribution in [0.15, 0.2) is 11.9 Å². The van der Waals surface area contributed by atoms with Gasteiger partial charge in [-0.25, -0.2) is 13.2 Å². The third kappa shape index (κ3) is 3.57. The molecular weight excluding hydrogens is 135 g/mol. The monoisotopic (exact) mass is 139 g/mol. The maximum absolute atomic E-state index is 11.7. The van der Waals surface area contributed by atoms with Crippen molar-refractivity contribution in [2.45, 2.75) is 6.43 Å². The lowest BCUT2D eigenvalue weighted by atomic mass is 10.4. The standard InChI is InChI=1S/C4H4F3NO/c5-2(4(8)9)1-3(6)7/h1,3H,(H2,8,9). The molecule has 0 aliphatic heterocycles. The summed E-state index contributed by atoms with van der Waals surface area (Å²) in [6, 6.07) is 0. The molecule has 0 saturated heterocycles. The number of carbonyl (C=O) groups is 1. The number of hydrogen-bond acceptors (Lipinski definition) is 1. The molecule has 0 aliphatic carbocycles. The van der Waals surface area contributed by atoms with Crippen molar-refractivity contribution in [3.05, 3.63) is 11.9 Å². The van der Waals surface area contributed by atoms with Gasteiger partial charge in [0.15, 0.2) is 5.83 Å².